The maximum Gasteiger partial charge on any atom is 0.128 e. The lowest BCUT2D eigenvalue weighted by atomic mass is 9.93. The van der Waals surface area contributed by atoms with Gasteiger partial charge in [-0.1, -0.05) is 6.92 Å². The summed E-state index contributed by atoms with van der Waals surface area (Å²) in [7, 11) is 0. The van der Waals surface area contributed by atoms with Gasteiger partial charge in [0.25, 0.3) is 0 Å². The van der Waals surface area contributed by atoms with Crippen molar-refractivity contribution < 1.29 is 0 Å². The van der Waals surface area contributed by atoms with Gasteiger partial charge in [-0.2, -0.15) is 0 Å². The first kappa shape index (κ1) is 12.5. The molecule has 0 aliphatic rings. The molecule has 0 aliphatic carbocycles. The van der Waals surface area contributed by atoms with Crippen LogP contribution in [0.5, 0.6) is 0 Å². The van der Waals surface area contributed by atoms with E-state index in [2.05, 4.69) is 16.9 Å². The van der Waals surface area contributed by atoms with Crippen molar-refractivity contribution >= 4 is 5.82 Å². The summed E-state index contributed by atoms with van der Waals surface area (Å²) in [6.07, 6.45) is 6.22. The van der Waals surface area contributed by atoms with Crippen molar-refractivity contribution in [3.63, 3.8) is 0 Å². The Balaban J connectivity index is 2.51. The van der Waals surface area contributed by atoms with Gasteiger partial charge in [-0.15, -0.1) is 0 Å². The minimum atomic E-state index is -0.253. The summed E-state index contributed by atoms with van der Waals surface area (Å²) in [6, 6.07) is 3.63. The van der Waals surface area contributed by atoms with E-state index in [-0.39, 0.29) is 6.04 Å². The van der Waals surface area contributed by atoms with Gasteiger partial charge in [-0.05, 0) is 42.2 Å². The van der Waals surface area contributed by atoms with Gasteiger partial charge in [0.05, 0.1) is 6.04 Å². The zero-order valence-electron chi connectivity index (χ0n) is 10.7. The van der Waals surface area contributed by atoms with Gasteiger partial charge in [-0.25, -0.2) is 4.98 Å². The second-order valence-corrected chi connectivity index (χ2v) is 4.33. The molecule has 0 bridgehead atoms. The molecule has 4 nitrogen and oxygen atoms in total. The predicted octanol–water partition coefficient (Wildman–Crippen LogP) is 1.98. The quantitative estimate of drug-likeness (QED) is 0.862. The Hall–Kier alpha value is -1.94. The highest BCUT2D eigenvalue weighted by Gasteiger charge is 2.17. The summed E-state index contributed by atoms with van der Waals surface area (Å²) in [5.74, 6) is 0.501. The number of hydrogen-bond acceptors (Lipinski definition) is 4. The van der Waals surface area contributed by atoms with Crippen molar-refractivity contribution in [2.24, 2.45) is 5.73 Å². The van der Waals surface area contributed by atoms with Crippen LogP contribution < -0.4 is 11.5 Å². The predicted molar refractivity (Wildman–Crippen MR) is 73.0 cm³/mol. The summed E-state index contributed by atoms with van der Waals surface area (Å²) < 4.78 is 0. The molecule has 2 aromatic rings. The van der Waals surface area contributed by atoms with E-state index < -0.39 is 0 Å². The van der Waals surface area contributed by atoms with Crippen LogP contribution in [0.1, 0.15) is 35.2 Å². The number of hydrogen-bond donors (Lipinski definition) is 2. The molecule has 0 aromatic carbocycles. The Morgan fingerprint density at radius 1 is 1.28 bits per heavy atom. The topological polar surface area (TPSA) is 77.8 Å². The van der Waals surface area contributed by atoms with Gasteiger partial charge >= 0.3 is 0 Å². The van der Waals surface area contributed by atoms with Gasteiger partial charge in [0, 0.05) is 24.2 Å². The molecule has 0 fully saturated rings. The molecule has 94 valence electrons. The monoisotopic (exact) mass is 242 g/mol. The summed E-state index contributed by atoms with van der Waals surface area (Å²) in [6.45, 7) is 4.09. The Morgan fingerprint density at radius 3 is 2.72 bits per heavy atom. The number of pyridine rings is 2. The first-order valence-electron chi connectivity index (χ1n) is 6.04. The normalized spacial score (nSPS) is 12.4. The fraction of sp³-hybridized carbons (Fsp3) is 0.286. The summed E-state index contributed by atoms with van der Waals surface area (Å²) in [4.78, 5) is 8.26. The van der Waals surface area contributed by atoms with Gasteiger partial charge in [0.15, 0.2) is 0 Å². The van der Waals surface area contributed by atoms with E-state index in [9.17, 15) is 0 Å². The van der Waals surface area contributed by atoms with E-state index in [0.717, 1.165) is 28.7 Å². The SMILES string of the molecule is CCc1cnccc1C(N)c1c(C)ccnc1N. The molecule has 0 amide bonds. The second kappa shape index (κ2) is 5.14. The molecule has 2 heterocycles. The van der Waals surface area contributed by atoms with E-state index >= 15 is 0 Å². The molecule has 18 heavy (non-hydrogen) atoms. The molecule has 1 unspecified atom stereocenters. The largest absolute Gasteiger partial charge is 0.383 e. The molecule has 1 atom stereocenters. The molecule has 4 N–H and O–H groups in total. The lowest BCUT2D eigenvalue weighted by Gasteiger charge is -2.19. The van der Waals surface area contributed by atoms with Crippen molar-refractivity contribution in [2.45, 2.75) is 26.3 Å². The number of nitrogen functional groups attached to an aromatic ring is 1. The second-order valence-electron chi connectivity index (χ2n) is 4.33. The highest BCUT2D eigenvalue weighted by molar-refractivity contribution is 5.50. The fourth-order valence-corrected chi connectivity index (χ4v) is 2.19. The maximum atomic E-state index is 6.35. The fourth-order valence-electron chi connectivity index (χ4n) is 2.19. The molecule has 2 aromatic heterocycles. The van der Waals surface area contributed by atoms with Gasteiger partial charge < -0.3 is 11.5 Å². The van der Waals surface area contributed by atoms with Crippen LogP contribution in [0.4, 0.5) is 5.82 Å². The van der Waals surface area contributed by atoms with Crippen LogP contribution in [0, 0.1) is 6.92 Å². The van der Waals surface area contributed by atoms with Crippen LogP contribution in [0.3, 0.4) is 0 Å². The highest BCUT2D eigenvalue weighted by atomic mass is 14.8. The summed E-state index contributed by atoms with van der Waals surface area (Å²) in [5, 5.41) is 0. The van der Waals surface area contributed by atoms with E-state index in [4.69, 9.17) is 11.5 Å². The van der Waals surface area contributed by atoms with Crippen LogP contribution in [0.15, 0.2) is 30.7 Å². The van der Waals surface area contributed by atoms with Crippen molar-refractivity contribution in [3.05, 3.63) is 53.0 Å². The maximum absolute atomic E-state index is 6.35. The molecule has 0 aliphatic heterocycles. The molecular formula is C14H18N4. The van der Waals surface area contributed by atoms with Crippen LogP contribution in [-0.2, 0) is 6.42 Å². The lowest BCUT2D eigenvalue weighted by Crippen LogP contribution is -2.18. The van der Waals surface area contributed by atoms with Crippen LogP contribution in [-0.4, -0.2) is 9.97 Å². The Bertz CT molecular complexity index is 531. The van der Waals surface area contributed by atoms with E-state index in [0.29, 0.717) is 5.82 Å². The third-order valence-corrected chi connectivity index (χ3v) is 3.21. The molecule has 4 heteroatoms. The molecule has 0 saturated heterocycles. The van der Waals surface area contributed by atoms with E-state index in [1.807, 2.05) is 25.3 Å². The van der Waals surface area contributed by atoms with Crippen molar-refractivity contribution in [1.29, 1.82) is 0 Å². The van der Waals surface area contributed by atoms with Gasteiger partial charge in [-0.3, -0.25) is 4.98 Å². The van der Waals surface area contributed by atoms with Gasteiger partial charge in [0.1, 0.15) is 5.82 Å². The highest BCUT2D eigenvalue weighted by Crippen LogP contribution is 2.28. The summed E-state index contributed by atoms with van der Waals surface area (Å²) in [5.41, 5.74) is 16.5. The van der Waals surface area contributed by atoms with Crippen molar-refractivity contribution in [3.8, 4) is 0 Å². The van der Waals surface area contributed by atoms with Crippen LogP contribution >= 0.6 is 0 Å². The number of rotatable bonds is 3. The number of aromatic nitrogens is 2. The molecule has 2 rings (SSSR count). The number of anilines is 1. The third kappa shape index (κ3) is 2.19. The zero-order chi connectivity index (χ0) is 13.1. The number of nitrogens with zero attached hydrogens (tertiary/aromatic N) is 2. The van der Waals surface area contributed by atoms with E-state index in [1.54, 1.807) is 12.4 Å². The number of nitrogens with two attached hydrogens (primary N) is 2. The average Bonchev–Trinajstić information content (AvgIpc) is 2.38. The molecular weight excluding hydrogens is 224 g/mol. The Labute approximate surface area is 107 Å². The lowest BCUT2D eigenvalue weighted by molar-refractivity contribution is 0.833. The first-order chi connectivity index (χ1) is 8.65. The standard InChI is InChI=1S/C14H18N4/c1-3-10-8-17-6-5-11(10)13(15)12-9(2)4-7-18-14(12)16/h4-8,13H,3,15H2,1-2H3,(H2,16,18). The van der Waals surface area contributed by atoms with E-state index in [1.165, 1.54) is 0 Å². The Morgan fingerprint density at radius 2 is 2.06 bits per heavy atom. The molecule has 0 saturated carbocycles. The van der Waals surface area contributed by atoms with Crippen LogP contribution in [0.2, 0.25) is 0 Å². The Kier molecular flexibility index (Phi) is 3.58. The van der Waals surface area contributed by atoms with Crippen LogP contribution in [0.25, 0.3) is 0 Å². The molecule has 0 spiro atoms. The number of aryl methyl sites for hydroxylation is 2. The van der Waals surface area contributed by atoms with Gasteiger partial charge in [0.2, 0.25) is 0 Å². The molecule has 0 radical (unpaired) electrons. The van der Waals surface area contributed by atoms with Crippen molar-refractivity contribution in [2.75, 3.05) is 5.73 Å². The minimum Gasteiger partial charge on any atom is -0.383 e. The van der Waals surface area contributed by atoms with Crippen molar-refractivity contribution in [1.82, 2.24) is 9.97 Å². The minimum absolute atomic E-state index is 0.253. The zero-order valence-corrected chi connectivity index (χ0v) is 10.7. The first-order valence-corrected chi connectivity index (χ1v) is 6.04. The third-order valence-electron chi connectivity index (χ3n) is 3.21. The smallest absolute Gasteiger partial charge is 0.128 e. The average molecular weight is 242 g/mol. The summed E-state index contributed by atoms with van der Waals surface area (Å²) >= 11 is 0.